The molecule has 1 aliphatic rings. The fraction of sp³-hybridized carbons (Fsp3) is 0.321. The number of sulfonamides is 1. The van der Waals surface area contributed by atoms with Crippen molar-refractivity contribution in [2.75, 3.05) is 19.3 Å². The van der Waals surface area contributed by atoms with E-state index in [1.807, 2.05) is 37.3 Å². The molecule has 240 valence electrons. The lowest BCUT2D eigenvalue weighted by molar-refractivity contribution is -0.192. The van der Waals surface area contributed by atoms with Crippen molar-refractivity contribution in [3.63, 3.8) is 0 Å². The van der Waals surface area contributed by atoms with Gasteiger partial charge in [-0.1, -0.05) is 18.2 Å². The number of rotatable bonds is 7. The van der Waals surface area contributed by atoms with Crippen LogP contribution in [0.4, 0.5) is 13.2 Å². The molecule has 5 rings (SSSR count). The Kier molecular flexibility index (Phi) is 10.2. The second-order valence-electron chi connectivity index (χ2n) is 10.2. The molecule has 45 heavy (non-hydrogen) atoms. The first-order valence-electron chi connectivity index (χ1n) is 13.4. The zero-order chi connectivity index (χ0) is 32.9. The molecule has 0 bridgehead atoms. The fourth-order valence-electron chi connectivity index (χ4n) is 4.79. The summed E-state index contributed by atoms with van der Waals surface area (Å²) in [6.45, 7) is 2.80. The van der Waals surface area contributed by atoms with Gasteiger partial charge in [0.1, 0.15) is 18.2 Å². The second-order valence-corrected chi connectivity index (χ2v) is 12.6. The number of carbonyl (C=O) groups excluding carboxylic acids is 1. The Morgan fingerprint density at radius 1 is 1.18 bits per heavy atom. The molecule has 1 fully saturated rings. The van der Waals surface area contributed by atoms with Crippen LogP contribution in [-0.2, 0) is 21.4 Å². The van der Waals surface area contributed by atoms with Gasteiger partial charge in [0.15, 0.2) is 4.77 Å². The lowest BCUT2D eigenvalue weighted by Gasteiger charge is -2.36. The van der Waals surface area contributed by atoms with Crippen molar-refractivity contribution in [1.82, 2.24) is 29.8 Å². The van der Waals surface area contributed by atoms with Crippen LogP contribution in [0, 0.1) is 11.7 Å². The summed E-state index contributed by atoms with van der Waals surface area (Å²) in [6, 6.07) is 16.3. The Balaban J connectivity index is 0.000000591. The highest BCUT2D eigenvalue weighted by Crippen LogP contribution is 2.28. The number of carboxylic acid groups (broad SMARTS) is 1. The molecule has 0 aliphatic carbocycles. The molecule has 1 amide bonds. The van der Waals surface area contributed by atoms with Crippen LogP contribution < -0.4 is 10.1 Å². The molecule has 1 saturated heterocycles. The first-order valence-corrected chi connectivity index (χ1v) is 15.7. The highest BCUT2D eigenvalue weighted by atomic mass is 32.2. The van der Waals surface area contributed by atoms with Crippen LogP contribution in [-0.4, -0.2) is 81.4 Å². The minimum Gasteiger partial charge on any atom is -0.489 e. The molecule has 0 saturated carbocycles. The van der Waals surface area contributed by atoms with Crippen molar-refractivity contribution in [1.29, 1.82) is 0 Å². The summed E-state index contributed by atoms with van der Waals surface area (Å²) in [5.74, 6) is -2.07. The van der Waals surface area contributed by atoms with E-state index in [-0.39, 0.29) is 18.4 Å². The van der Waals surface area contributed by atoms with Crippen LogP contribution >= 0.6 is 12.2 Å². The summed E-state index contributed by atoms with van der Waals surface area (Å²) < 4.78 is 63.8. The van der Waals surface area contributed by atoms with E-state index < -0.39 is 28.2 Å². The largest absolute Gasteiger partial charge is 0.490 e. The quantitative estimate of drug-likeness (QED) is 0.212. The van der Waals surface area contributed by atoms with Crippen molar-refractivity contribution < 1.29 is 41.0 Å². The Labute approximate surface area is 260 Å². The van der Waals surface area contributed by atoms with E-state index in [0.29, 0.717) is 41.5 Å². The fourth-order valence-corrected chi connectivity index (χ4v) is 5.80. The van der Waals surface area contributed by atoms with Gasteiger partial charge in [-0.25, -0.2) is 17.5 Å². The van der Waals surface area contributed by atoms with E-state index in [4.69, 9.17) is 26.9 Å². The lowest BCUT2D eigenvalue weighted by Crippen LogP contribution is -2.53. The van der Waals surface area contributed by atoms with Gasteiger partial charge in [0.2, 0.25) is 10.0 Å². The monoisotopic (exact) mass is 666 g/mol. The van der Waals surface area contributed by atoms with E-state index in [2.05, 4.69) is 25.5 Å². The summed E-state index contributed by atoms with van der Waals surface area (Å²) in [5.41, 5.74) is 3.31. The molecule has 12 nitrogen and oxygen atoms in total. The highest BCUT2D eigenvalue weighted by Gasteiger charge is 2.38. The number of alkyl halides is 3. The maximum Gasteiger partial charge on any atom is 0.490 e. The lowest BCUT2D eigenvalue weighted by atomic mass is 9.91. The third kappa shape index (κ3) is 8.86. The van der Waals surface area contributed by atoms with Gasteiger partial charge in [-0.15, -0.1) is 0 Å². The predicted molar refractivity (Wildman–Crippen MR) is 160 cm³/mol. The Morgan fingerprint density at radius 2 is 1.84 bits per heavy atom. The Morgan fingerprint density at radius 3 is 2.44 bits per heavy atom. The third-order valence-electron chi connectivity index (χ3n) is 6.92. The van der Waals surface area contributed by atoms with E-state index in [1.165, 1.54) is 10.6 Å². The highest BCUT2D eigenvalue weighted by molar-refractivity contribution is 7.88. The topological polar surface area (TPSA) is 170 Å². The van der Waals surface area contributed by atoms with Crippen LogP contribution in [0.2, 0.25) is 0 Å². The number of nitrogens with zero attached hydrogens (tertiary/aromatic N) is 3. The zero-order valence-corrected chi connectivity index (χ0v) is 25.6. The molecule has 0 radical (unpaired) electrons. The zero-order valence-electron chi connectivity index (χ0n) is 24.0. The number of fused-ring (bicyclic) bond motifs is 1. The number of carbonyl (C=O) groups is 2. The van der Waals surface area contributed by atoms with Gasteiger partial charge in [-0.05, 0) is 62.0 Å². The Hall–Kier alpha value is -4.35. The Bertz CT molecular complexity index is 1840. The van der Waals surface area contributed by atoms with Crippen molar-refractivity contribution >= 4 is 45.0 Å². The minimum absolute atomic E-state index is 0.142. The molecule has 2 aromatic carbocycles. The van der Waals surface area contributed by atoms with Gasteiger partial charge >= 0.3 is 12.1 Å². The first-order chi connectivity index (χ1) is 21.1. The maximum absolute atomic E-state index is 13.1. The predicted octanol–water partition coefficient (Wildman–Crippen LogP) is 4.08. The standard InChI is InChI=1S/C26H28N6O4S2.C2HF3O2/c1-16-13-18(20-5-3-4-6-22(20)27-16)15-36-19-9-7-17(8-10-19)25(33)28-23-14-32(38(2,34)35)12-11-21(23)24-29-26(37)31-30-24;3-2(4,5)1(6)7/h3-10,13,21,23H,11-12,14-15H2,1-2H3,(H,28,33)(H2,29,30,31,37);(H,6,7)/t21-,23+;/m0./s1. The summed E-state index contributed by atoms with van der Waals surface area (Å²) in [7, 11) is -3.41. The first kappa shape index (κ1) is 33.5. The van der Waals surface area contributed by atoms with E-state index in [9.17, 15) is 26.4 Å². The van der Waals surface area contributed by atoms with Crippen LogP contribution in [0.3, 0.4) is 0 Å². The van der Waals surface area contributed by atoms with Crippen LogP contribution in [0.5, 0.6) is 5.75 Å². The maximum atomic E-state index is 13.1. The van der Waals surface area contributed by atoms with Crippen molar-refractivity contribution in [3.8, 4) is 5.75 Å². The molecule has 0 spiro atoms. The number of pyridine rings is 1. The summed E-state index contributed by atoms with van der Waals surface area (Å²) in [4.78, 5) is 29.6. The van der Waals surface area contributed by atoms with Crippen molar-refractivity contribution in [3.05, 3.63) is 82.0 Å². The summed E-state index contributed by atoms with van der Waals surface area (Å²) in [5, 5.41) is 18.1. The number of hydrogen-bond donors (Lipinski definition) is 4. The number of H-pyrrole nitrogens is 2. The number of carboxylic acids is 1. The number of piperidine rings is 1. The van der Waals surface area contributed by atoms with Crippen LogP contribution in [0.15, 0.2) is 54.6 Å². The molecule has 0 unspecified atom stereocenters. The molecule has 2 aromatic heterocycles. The average Bonchev–Trinajstić information content (AvgIpc) is 3.41. The number of amides is 1. The van der Waals surface area contributed by atoms with Gasteiger partial charge in [-0.3, -0.25) is 14.9 Å². The van der Waals surface area contributed by atoms with Crippen LogP contribution in [0.1, 0.15) is 39.8 Å². The number of hydrogen-bond acceptors (Lipinski definition) is 8. The SMILES string of the molecule is Cc1cc(COc2ccc(C(=O)N[C@@H]3CN(S(C)(=O)=O)CC[C@@H]3c3n[nH]c(=S)[nH]3)cc2)c2ccccc2n1.O=C(O)C(F)(F)F. The van der Waals surface area contributed by atoms with Crippen molar-refractivity contribution in [2.24, 2.45) is 0 Å². The van der Waals surface area contributed by atoms with Gasteiger partial charge in [0, 0.05) is 41.2 Å². The number of aromatic nitrogens is 4. The number of nitrogens with one attached hydrogen (secondary N) is 3. The number of para-hydroxylation sites is 1. The smallest absolute Gasteiger partial charge is 0.489 e. The van der Waals surface area contributed by atoms with E-state index in [0.717, 1.165) is 22.2 Å². The molecular weight excluding hydrogens is 637 g/mol. The number of aliphatic carboxylic acids is 1. The van der Waals surface area contributed by atoms with E-state index in [1.54, 1.807) is 24.3 Å². The van der Waals surface area contributed by atoms with Gasteiger partial charge in [-0.2, -0.15) is 18.3 Å². The number of aryl methyl sites for hydroxylation is 1. The average molecular weight is 667 g/mol. The molecule has 1 aliphatic heterocycles. The van der Waals surface area contributed by atoms with Gasteiger partial charge in [0.05, 0.1) is 17.8 Å². The number of ether oxygens (including phenoxy) is 1. The minimum atomic E-state index is -5.08. The molecule has 4 aromatic rings. The number of aromatic amines is 2. The van der Waals surface area contributed by atoms with Gasteiger partial charge in [0.25, 0.3) is 5.91 Å². The van der Waals surface area contributed by atoms with E-state index >= 15 is 0 Å². The number of benzene rings is 2. The molecule has 2 atom stereocenters. The second kappa shape index (κ2) is 13.7. The summed E-state index contributed by atoms with van der Waals surface area (Å²) in [6.07, 6.45) is -3.42. The molecule has 3 heterocycles. The molecule has 4 N–H and O–H groups in total. The molecule has 17 heteroatoms. The van der Waals surface area contributed by atoms with Crippen molar-refractivity contribution in [2.45, 2.75) is 38.1 Å². The summed E-state index contributed by atoms with van der Waals surface area (Å²) >= 11 is 5.10. The number of halogens is 3. The van der Waals surface area contributed by atoms with Gasteiger partial charge < -0.3 is 20.1 Å². The third-order valence-corrected chi connectivity index (χ3v) is 8.38. The molecular formula is C28H29F3N6O6S2. The van der Waals surface area contributed by atoms with Crippen LogP contribution in [0.25, 0.3) is 10.9 Å². The normalized spacial score (nSPS) is 17.3.